The van der Waals surface area contributed by atoms with Gasteiger partial charge in [-0.2, -0.15) is 5.10 Å². The summed E-state index contributed by atoms with van der Waals surface area (Å²) in [6.07, 6.45) is 2.99. The smallest absolute Gasteiger partial charge is 0.329 e. The van der Waals surface area contributed by atoms with Gasteiger partial charge in [-0.15, -0.1) is 6.58 Å². The Kier molecular flexibility index (Phi) is 6.14. The van der Waals surface area contributed by atoms with Crippen LogP contribution in [0, 0.1) is 13.8 Å². The molecule has 6 nitrogen and oxygen atoms in total. The lowest BCUT2D eigenvalue weighted by Gasteiger charge is -2.09. The number of benzene rings is 1. The minimum absolute atomic E-state index is 0.219. The lowest BCUT2D eigenvalue weighted by atomic mass is 10.2. The second kappa shape index (κ2) is 8.30. The molecule has 0 saturated heterocycles. The van der Waals surface area contributed by atoms with Crippen LogP contribution >= 0.6 is 11.6 Å². The van der Waals surface area contributed by atoms with Gasteiger partial charge in [0.05, 0.1) is 6.21 Å². The van der Waals surface area contributed by atoms with Crippen LogP contribution in [0.2, 0.25) is 5.02 Å². The maximum atomic E-state index is 11.6. The highest BCUT2D eigenvalue weighted by molar-refractivity contribution is 6.35. The molecule has 25 heavy (non-hydrogen) atoms. The van der Waals surface area contributed by atoms with Gasteiger partial charge < -0.3 is 9.88 Å². The average molecular weight is 359 g/mol. The molecule has 0 aliphatic heterocycles. The van der Waals surface area contributed by atoms with E-state index in [0.29, 0.717) is 5.02 Å². The first kappa shape index (κ1) is 18.5. The molecule has 0 spiro atoms. The Balaban J connectivity index is 2.14. The average Bonchev–Trinajstić information content (AvgIpc) is 2.86. The molecule has 0 fully saturated rings. The fourth-order valence-corrected chi connectivity index (χ4v) is 2.57. The van der Waals surface area contributed by atoms with Crippen LogP contribution in [0.1, 0.15) is 17.0 Å². The summed E-state index contributed by atoms with van der Waals surface area (Å²) < 4.78 is 2.03. The van der Waals surface area contributed by atoms with Crippen molar-refractivity contribution < 1.29 is 9.59 Å². The van der Waals surface area contributed by atoms with E-state index >= 15 is 0 Å². The SMILES string of the molecule is C=CCNC(=O)C(=O)N/N=C\c1cc(C)n(-c2cccc(Cl)c2)c1C. The number of rotatable bonds is 5. The Morgan fingerprint density at radius 3 is 2.72 bits per heavy atom. The molecule has 2 rings (SSSR count). The van der Waals surface area contributed by atoms with Crippen LogP contribution < -0.4 is 10.7 Å². The van der Waals surface area contributed by atoms with Crippen LogP contribution in [0.3, 0.4) is 0 Å². The summed E-state index contributed by atoms with van der Waals surface area (Å²) >= 11 is 6.06. The number of amides is 2. The third kappa shape index (κ3) is 4.58. The number of carbonyl (C=O) groups is 2. The van der Waals surface area contributed by atoms with Gasteiger partial charge in [0, 0.05) is 34.2 Å². The number of hydrogen-bond donors (Lipinski definition) is 2. The van der Waals surface area contributed by atoms with Crippen molar-refractivity contribution >= 4 is 29.6 Å². The van der Waals surface area contributed by atoms with E-state index in [1.165, 1.54) is 12.3 Å². The van der Waals surface area contributed by atoms with Gasteiger partial charge in [-0.3, -0.25) is 9.59 Å². The second-order valence-electron chi connectivity index (χ2n) is 5.34. The van der Waals surface area contributed by atoms with E-state index in [0.717, 1.165) is 22.6 Å². The Morgan fingerprint density at radius 1 is 1.28 bits per heavy atom. The van der Waals surface area contributed by atoms with E-state index in [1.807, 2.05) is 48.7 Å². The molecule has 0 atom stereocenters. The molecule has 2 amide bonds. The normalized spacial score (nSPS) is 10.7. The van der Waals surface area contributed by atoms with Crippen LogP contribution in [-0.4, -0.2) is 29.1 Å². The molecule has 0 aliphatic carbocycles. The summed E-state index contributed by atoms with van der Waals surface area (Å²) in [5, 5.41) is 6.87. The van der Waals surface area contributed by atoms with Crippen LogP contribution in [0.5, 0.6) is 0 Å². The quantitative estimate of drug-likeness (QED) is 0.373. The third-order valence-electron chi connectivity index (χ3n) is 3.52. The lowest BCUT2D eigenvalue weighted by Crippen LogP contribution is -2.37. The van der Waals surface area contributed by atoms with Gasteiger partial charge in [0.1, 0.15) is 0 Å². The molecular formula is C18H19ClN4O2. The lowest BCUT2D eigenvalue weighted by molar-refractivity contribution is -0.139. The molecule has 0 saturated carbocycles. The minimum Gasteiger partial charge on any atom is -0.344 e. The molecule has 1 aromatic heterocycles. The molecule has 1 heterocycles. The third-order valence-corrected chi connectivity index (χ3v) is 3.75. The van der Waals surface area contributed by atoms with Crippen molar-refractivity contribution in [2.75, 3.05) is 6.54 Å². The van der Waals surface area contributed by atoms with Crippen molar-refractivity contribution in [2.45, 2.75) is 13.8 Å². The molecule has 1 aromatic carbocycles. The minimum atomic E-state index is -0.832. The number of aryl methyl sites for hydroxylation is 1. The van der Waals surface area contributed by atoms with Crippen molar-refractivity contribution in [3.8, 4) is 5.69 Å². The van der Waals surface area contributed by atoms with Gasteiger partial charge in [-0.05, 0) is 38.1 Å². The standard InChI is InChI=1S/C18H19ClN4O2/c1-4-8-20-17(24)18(25)22-21-11-14-9-12(2)23(13(14)3)16-7-5-6-15(19)10-16/h4-7,9-11H,1,8H2,2-3H3,(H,20,24)(H,22,25)/b21-11-. The maximum Gasteiger partial charge on any atom is 0.329 e. The number of hydrazone groups is 1. The summed E-state index contributed by atoms with van der Waals surface area (Å²) in [5.74, 6) is -1.59. The molecule has 130 valence electrons. The van der Waals surface area contributed by atoms with Gasteiger partial charge in [-0.25, -0.2) is 5.43 Å². The monoisotopic (exact) mass is 358 g/mol. The topological polar surface area (TPSA) is 75.5 Å². The van der Waals surface area contributed by atoms with Crippen LogP contribution in [0.15, 0.2) is 48.1 Å². The highest BCUT2D eigenvalue weighted by atomic mass is 35.5. The first-order valence-electron chi connectivity index (χ1n) is 7.61. The predicted molar refractivity (Wildman–Crippen MR) is 99.2 cm³/mol. The number of hydrogen-bond acceptors (Lipinski definition) is 3. The number of halogens is 1. The van der Waals surface area contributed by atoms with E-state index in [4.69, 9.17) is 11.6 Å². The zero-order valence-corrected chi connectivity index (χ0v) is 14.8. The number of nitrogens with zero attached hydrogens (tertiary/aromatic N) is 2. The number of aromatic nitrogens is 1. The molecule has 2 aromatic rings. The Bertz CT molecular complexity index is 840. The van der Waals surface area contributed by atoms with Gasteiger partial charge in [0.15, 0.2) is 0 Å². The maximum absolute atomic E-state index is 11.6. The molecule has 0 bridgehead atoms. The first-order chi connectivity index (χ1) is 11.9. The van der Waals surface area contributed by atoms with Crippen LogP contribution in [-0.2, 0) is 9.59 Å². The Morgan fingerprint density at radius 2 is 2.04 bits per heavy atom. The summed E-state index contributed by atoms with van der Waals surface area (Å²) in [6, 6.07) is 9.46. The summed E-state index contributed by atoms with van der Waals surface area (Å²) in [7, 11) is 0. The van der Waals surface area contributed by atoms with E-state index in [-0.39, 0.29) is 6.54 Å². The molecule has 0 aliphatic rings. The number of nitrogens with one attached hydrogen (secondary N) is 2. The summed E-state index contributed by atoms with van der Waals surface area (Å²) in [4.78, 5) is 23.0. The molecule has 0 radical (unpaired) electrons. The van der Waals surface area contributed by atoms with Crippen molar-refractivity contribution in [2.24, 2.45) is 5.10 Å². The van der Waals surface area contributed by atoms with E-state index in [9.17, 15) is 9.59 Å². The summed E-state index contributed by atoms with van der Waals surface area (Å²) in [5.41, 5.74) is 5.90. The van der Waals surface area contributed by atoms with Crippen molar-refractivity contribution in [1.29, 1.82) is 0 Å². The zero-order chi connectivity index (χ0) is 18.4. The highest BCUT2D eigenvalue weighted by Gasteiger charge is 2.12. The van der Waals surface area contributed by atoms with Gasteiger partial charge >= 0.3 is 11.8 Å². The second-order valence-corrected chi connectivity index (χ2v) is 5.78. The predicted octanol–water partition coefficient (Wildman–Crippen LogP) is 2.50. The largest absolute Gasteiger partial charge is 0.344 e. The molecule has 2 N–H and O–H groups in total. The molecule has 0 unspecified atom stereocenters. The van der Waals surface area contributed by atoms with E-state index in [2.05, 4.69) is 22.4 Å². The highest BCUT2D eigenvalue weighted by Crippen LogP contribution is 2.22. The van der Waals surface area contributed by atoms with E-state index in [1.54, 1.807) is 0 Å². The van der Waals surface area contributed by atoms with Crippen LogP contribution in [0.25, 0.3) is 5.69 Å². The van der Waals surface area contributed by atoms with E-state index < -0.39 is 11.8 Å². The first-order valence-corrected chi connectivity index (χ1v) is 7.99. The van der Waals surface area contributed by atoms with Crippen molar-refractivity contribution in [1.82, 2.24) is 15.3 Å². The van der Waals surface area contributed by atoms with Crippen molar-refractivity contribution in [3.05, 3.63) is 65.0 Å². The summed E-state index contributed by atoms with van der Waals surface area (Å²) in [6.45, 7) is 7.58. The number of carbonyl (C=O) groups excluding carboxylic acids is 2. The van der Waals surface area contributed by atoms with Gasteiger partial charge in [0.2, 0.25) is 0 Å². The van der Waals surface area contributed by atoms with Crippen LogP contribution in [0.4, 0.5) is 0 Å². The Hall–Kier alpha value is -2.86. The van der Waals surface area contributed by atoms with Gasteiger partial charge in [-0.1, -0.05) is 23.7 Å². The molecular weight excluding hydrogens is 340 g/mol. The van der Waals surface area contributed by atoms with Gasteiger partial charge in [0.25, 0.3) is 0 Å². The van der Waals surface area contributed by atoms with Crippen molar-refractivity contribution in [3.63, 3.8) is 0 Å². The Labute approximate surface area is 151 Å². The fraction of sp³-hybridized carbons (Fsp3) is 0.167. The molecule has 7 heteroatoms. The zero-order valence-electron chi connectivity index (χ0n) is 14.0. The fourth-order valence-electron chi connectivity index (χ4n) is 2.39.